The summed E-state index contributed by atoms with van der Waals surface area (Å²) in [7, 11) is 0. The van der Waals surface area contributed by atoms with Crippen molar-refractivity contribution in [2.45, 2.75) is 20.4 Å². The molecule has 0 aliphatic carbocycles. The van der Waals surface area contributed by atoms with E-state index in [1.54, 1.807) is 11.3 Å². The minimum absolute atomic E-state index is 0.643. The number of thiophene rings is 1. The molecule has 1 aromatic carbocycles. The zero-order valence-electron chi connectivity index (χ0n) is 12.0. The van der Waals surface area contributed by atoms with Crippen LogP contribution in [0.25, 0.3) is 10.6 Å². The fourth-order valence-electron chi connectivity index (χ4n) is 2.24. The molecule has 0 atom stereocenters. The molecule has 0 saturated heterocycles. The number of carbonyl (C=O) groups excluding carboxylic acids is 1. The van der Waals surface area contributed by atoms with Gasteiger partial charge >= 0.3 is 0 Å². The number of hydrogen-bond donors (Lipinski definition) is 0. The van der Waals surface area contributed by atoms with E-state index in [2.05, 4.69) is 43.2 Å². The molecule has 2 heterocycles. The lowest BCUT2D eigenvalue weighted by Gasteiger charge is -2.02. The average molecular weight is 296 g/mol. The molecule has 3 aromatic rings. The highest BCUT2D eigenvalue weighted by Crippen LogP contribution is 2.28. The SMILES string of the molecule is Cc1ccc(Cn2cc(C=O)c(-c3ccc(C)s3)n2)cc1. The van der Waals surface area contributed by atoms with E-state index in [0.717, 1.165) is 16.9 Å². The summed E-state index contributed by atoms with van der Waals surface area (Å²) in [6.45, 7) is 4.79. The number of aryl methyl sites for hydroxylation is 2. The van der Waals surface area contributed by atoms with Gasteiger partial charge < -0.3 is 0 Å². The van der Waals surface area contributed by atoms with Crippen LogP contribution in [0.3, 0.4) is 0 Å². The van der Waals surface area contributed by atoms with Crippen molar-refractivity contribution in [3.63, 3.8) is 0 Å². The summed E-state index contributed by atoms with van der Waals surface area (Å²) in [6.07, 6.45) is 2.69. The van der Waals surface area contributed by atoms with Crippen LogP contribution in [0.4, 0.5) is 0 Å². The maximum absolute atomic E-state index is 11.3. The molecule has 0 aliphatic heterocycles. The largest absolute Gasteiger partial charge is 0.298 e. The van der Waals surface area contributed by atoms with Crippen molar-refractivity contribution in [2.75, 3.05) is 0 Å². The van der Waals surface area contributed by atoms with E-state index in [1.165, 1.54) is 16.0 Å². The molecule has 0 fully saturated rings. The molecule has 3 nitrogen and oxygen atoms in total. The molecule has 106 valence electrons. The molecule has 3 rings (SSSR count). The molecule has 0 aliphatic rings. The minimum Gasteiger partial charge on any atom is -0.298 e. The first-order chi connectivity index (χ1) is 10.2. The molecule has 2 aromatic heterocycles. The number of aldehydes is 1. The predicted molar refractivity (Wildman–Crippen MR) is 85.9 cm³/mol. The van der Waals surface area contributed by atoms with Gasteiger partial charge in [0.1, 0.15) is 5.69 Å². The minimum atomic E-state index is 0.643. The van der Waals surface area contributed by atoms with Gasteiger partial charge in [0.2, 0.25) is 0 Å². The van der Waals surface area contributed by atoms with Crippen molar-refractivity contribution in [3.05, 3.63) is 64.2 Å². The molecule has 0 radical (unpaired) electrons. The van der Waals surface area contributed by atoms with Gasteiger partial charge in [-0.3, -0.25) is 9.48 Å². The standard InChI is InChI=1S/C17H16N2OS/c1-12-3-6-14(7-4-12)9-19-10-15(11-20)17(18-19)16-8-5-13(2)21-16/h3-8,10-11H,9H2,1-2H3. The van der Waals surface area contributed by atoms with Gasteiger partial charge in [0, 0.05) is 11.1 Å². The Morgan fingerprint density at radius 2 is 1.90 bits per heavy atom. The van der Waals surface area contributed by atoms with Gasteiger partial charge in [0.25, 0.3) is 0 Å². The van der Waals surface area contributed by atoms with Crippen LogP contribution in [-0.2, 0) is 6.54 Å². The van der Waals surface area contributed by atoms with Crippen LogP contribution in [0.1, 0.15) is 26.4 Å². The number of aromatic nitrogens is 2. The number of rotatable bonds is 4. The number of carbonyl (C=O) groups is 1. The van der Waals surface area contributed by atoms with E-state index in [9.17, 15) is 4.79 Å². The van der Waals surface area contributed by atoms with Gasteiger partial charge in [-0.1, -0.05) is 29.8 Å². The Bertz CT molecular complexity index is 768. The van der Waals surface area contributed by atoms with E-state index >= 15 is 0 Å². The zero-order chi connectivity index (χ0) is 14.8. The van der Waals surface area contributed by atoms with Crippen LogP contribution in [0.2, 0.25) is 0 Å². The lowest BCUT2D eigenvalue weighted by atomic mass is 10.1. The fourth-order valence-corrected chi connectivity index (χ4v) is 3.11. The van der Waals surface area contributed by atoms with Crippen LogP contribution in [-0.4, -0.2) is 16.1 Å². The monoisotopic (exact) mass is 296 g/mol. The molecular formula is C17H16N2OS. The molecule has 4 heteroatoms. The smallest absolute Gasteiger partial charge is 0.153 e. The Hall–Kier alpha value is -2.20. The van der Waals surface area contributed by atoms with Crippen LogP contribution < -0.4 is 0 Å². The summed E-state index contributed by atoms with van der Waals surface area (Å²) in [5.74, 6) is 0. The van der Waals surface area contributed by atoms with Gasteiger partial charge in [-0.05, 0) is 31.5 Å². The zero-order valence-corrected chi connectivity index (χ0v) is 12.9. The quantitative estimate of drug-likeness (QED) is 0.680. The van der Waals surface area contributed by atoms with Gasteiger partial charge in [0.15, 0.2) is 6.29 Å². The second-order valence-electron chi connectivity index (χ2n) is 5.14. The fraction of sp³-hybridized carbons (Fsp3) is 0.176. The molecule has 0 amide bonds. The first-order valence-corrected chi connectivity index (χ1v) is 7.62. The van der Waals surface area contributed by atoms with E-state index < -0.39 is 0 Å². The summed E-state index contributed by atoms with van der Waals surface area (Å²) in [5, 5.41) is 4.58. The average Bonchev–Trinajstić information content (AvgIpc) is 3.07. The Morgan fingerprint density at radius 3 is 2.52 bits per heavy atom. The van der Waals surface area contributed by atoms with E-state index in [1.807, 2.05) is 23.0 Å². The predicted octanol–water partition coefficient (Wildman–Crippen LogP) is 4.09. The number of nitrogens with zero attached hydrogens (tertiary/aromatic N) is 2. The first-order valence-electron chi connectivity index (χ1n) is 6.80. The van der Waals surface area contributed by atoms with Gasteiger partial charge in [-0.15, -0.1) is 11.3 Å². The highest BCUT2D eigenvalue weighted by atomic mass is 32.1. The highest BCUT2D eigenvalue weighted by molar-refractivity contribution is 7.15. The molecule has 0 bridgehead atoms. The third-order valence-electron chi connectivity index (χ3n) is 3.36. The van der Waals surface area contributed by atoms with Crippen LogP contribution in [0.15, 0.2) is 42.6 Å². The normalized spacial score (nSPS) is 10.8. The summed E-state index contributed by atoms with van der Waals surface area (Å²) in [4.78, 5) is 13.5. The summed E-state index contributed by atoms with van der Waals surface area (Å²) in [6, 6.07) is 12.4. The van der Waals surface area contributed by atoms with Crippen molar-refractivity contribution in [3.8, 4) is 10.6 Å². The molecule has 0 saturated carbocycles. The van der Waals surface area contributed by atoms with Crippen molar-refractivity contribution in [1.29, 1.82) is 0 Å². The van der Waals surface area contributed by atoms with Gasteiger partial charge in [-0.2, -0.15) is 5.10 Å². The number of benzene rings is 1. The summed E-state index contributed by atoms with van der Waals surface area (Å²) >= 11 is 1.66. The molecule has 0 spiro atoms. The number of hydrogen-bond acceptors (Lipinski definition) is 3. The van der Waals surface area contributed by atoms with E-state index in [-0.39, 0.29) is 0 Å². The van der Waals surface area contributed by atoms with Crippen molar-refractivity contribution in [1.82, 2.24) is 9.78 Å². The molecule has 0 unspecified atom stereocenters. The highest BCUT2D eigenvalue weighted by Gasteiger charge is 2.12. The molecule has 21 heavy (non-hydrogen) atoms. The van der Waals surface area contributed by atoms with Gasteiger partial charge in [-0.25, -0.2) is 0 Å². The third-order valence-corrected chi connectivity index (χ3v) is 4.36. The van der Waals surface area contributed by atoms with Gasteiger partial charge in [0.05, 0.1) is 17.0 Å². The topological polar surface area (TPSA) is 34.9 Å². The van der Waals surface area contributed by atoms with E-state index in [4.69, 9.17) is 0 Å². The second-order valence-corrected chi connectivity index (χ2v) is 6.43. The Balaban J connectivity index is 1.92. The van der Waals surface area contributed by atoms with Crippen LogP contribution in [0.5, 0.6) is 0 Å². The van der Waals surface area contributed by atoms with Crippen LogP contribution in [0, 0.1) is 13.8 Å². The Labute approximate surface area is 127 Å². The summed E-state index contributed by atoms with van der Waals surface area (Å²) < 4.78 is 1.83. The molecule has 0 N–H and O–H groups in total. The Kier molecular flexibility index (Phi) is 3.71. The lowest BCUT2D eigenvalue weighted by molar-refractivity contribution is 0.112. The van der Waals surface area contributed by atoms with Crippen LogP contribution >= 0.6 is 11.3 Å². The second kappa shape index (κ2) is 5.66. The van der Waals surface area contributed by atoms with Crippen molar-refractivity contribution >= 4 is 17.6 Å². The van der Waals surface area contributed by atoms with E-state index in [0.29, 0.717) is 12.1 Å². The maximum Gasteiger partial charge on any atom is 0.153 e. The lowest BCUT2D eigenvalue weighted by Crippen LogP contribution is -2.00. The Morgan fingerprint density at radius 1 is 1.14 bits per heavy atom. The first kappa shape index (κ1) is 13.8. The maximum atomic E-state index is 11.3. The van der Waals surface area contributed by atoms with Crippen molar-refractivity contribution < 1.29 is 4.79 Å². The molecular weight excluding hydrogens is 280 g/mol. The third kappa shape index (κ3) is 2.95. The summed E-state index contributed by atoms with van der Waals surface area (Å²) in [5.41, 5.74) is 3.83. The van der Waals surface area contributed by atoms with Crippen molar-refractivity contribution in [2.24, 2.45) is 0 Å².